The van der Waals surface area contributed by atoms with E-state index in [1.165, 1.54) is 18.9 Å². The number of carbonyl (C=O) groups is 3. The highest BCUT2D eigenvalue weighted by molar-refractivity contribution is 5.93. The van der Waals surface area contributed by atoms with Gasteiger partial charge in [0.2, 0.25) is 17.7 Å². The Kier molecular flexibility index (Phi) is 9.13. The second kappa shape index (κ2) is 11.9. The highest BCUT2D eigenvalue weighted by Crippen LogP contribution is 2.35. The van der Waals surface area contributed by atoms with Crippen LogP contribution in [0.25, 0.3) is 0 Å². The molecule has 3 rings (SSSR count). The highest BCUT2D eigenvalue weighted by Gasteiger charge is 2.42. The number of carbonyl (C=O) groups excluding carboxylic acids is 3. The molecule has 2 fully saturated rings. The van der Waals surface area contributed by atoms with E-state index in [1.807, 2.05) is 0 Å². The fourth-order valence-corrected chi connectivity index (χ4v) is 4.74. The predicted octanol–water partition coefficient (Wildman–Crippen LogP) is 1.15. The first-order chi connectivity index (χ1) is 16.6. The third-order valence-electron chi connectivity index (χ3n) is 7.00. The van der Waals surface area contributed by atoms with Gasteiger partial charge in [-0.15, -0.1) is 0 Å². The first-order valence-corrected chi connectivity index (χ1v) is 12.6. The number of ether oxygens (including phenoxy) is 1. The Bertz CT molecular complexity index is 879. The summed E-state index contributed by atoms with van der Waals surface area (Å²) in [6, 6.07) is -2.41. The monoisotopic (exact) mass is 488 g/mol. The number of nitrogens with one attached hydrogen (secondary N) is 3. The molecule has 4 N–H and O–H groups in total. The molecule has 2 aliphatic heterocycles. The Balaban J connectivity index is 1.88. The van der Waals surface area contributed by atoms with E-state index in [2.05, 4.69) is 29.1 Å². The van der Waals surface area contributed by atoms with Crippen LogP contribution in [-0.4, -0.2) is 78.2 Å². The van der Waals surface area contributed by atoms with Crippen LogP contribution < -0.4 is 16.0 Å². The van der Waals surface area contributed by atoms with Crippen molar-refractivity contribution in [3.63, 3.8) is 0 Å². The molecule has 9 nitrogen and oxygen atoms in total. The van der Waals surface area contributed by atoms with Crippen LogP contribution in [0.5, 0.6) is 0 Å². The normalized spacial score (nSPS) is 31.0. The van der Waals surface area contributed by atoms with Gasteiger partial charge < -0.3 is 30.7 Å². The summed E-state index contributed by atoms with van der Waals surface area (Å²) < 4.78 is 6.30. The van der Waals surface area contributed by atoms with E-state index in [1.54, 1.807) is 13.0 Å². The number of amides is 3. The minimum atomic E-state index is -1.11. The van der Waals surface area contributed by atoms with Gasteiger partial charge in [-0.3, -0.25) is 14.4 Å². The lowest BCUT2D eigenvalue weighted by Crippen LogP contribution is -2.60. The molecule has 0 aromatic rings. The maximum Gasteiger partial charge on any atom is 0.246 e. The Morgan fingerprint density at radius 2 is 1.89 bits per heavy atom. The van der Waals surface area contributed by atoms with Gasteiger partial charge in [-0.05, 0) is 69.4 Å². The summed E-state index contributed by atoms with van der Waals surface area (Å²) in [5.74, 6) is -0.220. The molecule has 3 aliphatic rings. The van der Waals surface area contributed by atoms with Crippen LogP contribution >= 0.6 is 0 Å². The summed E-state index contributed by atoms with van der Waals surface area (Å²) in [4.78, 5) is 40.3. The van der Waals surface area contributed by atoms with E-state index >= 15 is 0 Å². The van der Waals surface area contributed by atoms with E-state index in [0.29, 0.717) is 25.9 Å². The second-order valence-electron chi connectivity index (χ2n) is 9.92. The summed E-state index contributed by atoms with van der Waals surface area (Å²) >= 11 is 0. The highest BCUT2D eigenvalue weighted by atomic mass is 16.5. The van der Waals surface area contributed by atoms with Crippen molar-refractivity contribution in [2.24, 2.45) is 5.92 Å². The van der Waals surface area contributed by atoms with Crippen LogP contribution in [0.1, 0.15) is 52.4 Å². The molecule has 2 heterocycles. The Labute approximate surface area is 208 Å². The van der Waals surface area contributed by atoms with Gasteiger partial charge >= 0.3 is 0 Å². The summed E-state index contributed by atoms with van der Waals surface area (Å²) in [5, 5.41) is 19.2. The van der Waals surface area contributed by atoms with Gasteiger partial charge in [0.05, 0.1) is 12.1 Å². The van der Waals surface area contributed by atoms with Gasteiger partial charge in [0.1, 0.15) is 23.9 Å². The predicted molar refractivity (Wildman–Crippen MR) is 133 cm³/mol. The number of aliphatic hydroxyl groups is 1. The number of rotatable bonds is 3. The molecule has 5 unspecified atom stereocenters. The molecule has 3 amide bonds. The molecule has 0 radical (unpaired) electrons. The molecule has 1 saturated carbocycles. The maximum atomic E-state index is 13.5. The van der Waals surface area contributed by atoms with E-state index in [0.717, 1.165) is 42.6 Å². The molecule has 0 aromatic heterocycles. The number of likely N-dealkylation sites (N-methyl/N-ethyl adjacent to an activating group) is 1. The average Bonchev–Trinajstić information content (AvgIpc) is 3.64. The standard InChI is InChI=1S/C26H40N4O5/c1-6-18-8-7-13-27-24(32)16(3)29-25(33)22(17(4)31)30(5)26(34)21(19-10-11-19)28-14-20-12-9-15(2)23(18)35-20/h6,16-17,19-22,28,31H,1-2,7-14H2,3-5H3,(H,27,32)(H,29,33). The van der Waals surface area contributed by atoms with Crippen LogP contribution in [0.3, 0.4) is 0 Å². The first-order valence-electron chi connectivity index (χ1n) is 12.6. The van der Waals surface area contributed by atoms with E-state index in [-0.39, 0.29) is 23.8 Å². The molecule has 9 heteroatoms. The fraction of sp³-hybridized carbons (Fsp3) is 0.654. The Morgan fingerprint density at radius 3 is 2.51 bits per heavy atom. The van der Waals surface area contributed by atoms with Crippen LogP contribution in [0, 0.1) is 5.92 Å². The summed E-state index contributed by atoms with van der Waals surface area (Å²) in [7, 11) is 1.53. The third-order valence-corrected chi connectivity index (χ3v) is 7.00. The molecule has 1 aliphatic carbocycles. The van der Waals surface area contributed by atoms with Crippen molar-refractivity contribution in [1.82, 2.24) is 20.9 Å². The van der Waals surface area contributed by atoms with Gasteiger partial charge in [-0.2, -0.15) is 0 Å². The molecule has 0 aromatic carbocycles. The van der Waals surface area contributed by atoms with E-state index < -0.39 is 30.1 Å². The number of nitrogens with zero attached hydrogens (tertiary/aromatic N) is 1. The van der Waals surface area contributed by atoms with Crippen LogP contribution in [0.2, 0.25) is 0 Å². The van der Waals surface area contributed by atoms with Crippen molar-refractivity contribution in [1.29, 1.82) is 0 Å². The van der Waals surface area contributed by atoms with Crippen molar-refractivity contribution in [2.75, 3.05) is 20.1 Å². The van der Waals surface area contributed by atoms with Crippen LogP contribution in [-0.2, 0) is 19.1 Å². The number of hydrogen-bond acceptors (Lipinski definition) is 6. The average molecular weight is 489 g/mol. The van der Waals surface area contributed by atoms with Crippen molar-refractivity contribution >= 4 is 17.7 Å². The van der Waals surface area contributed by atoms with Gasteiger partial charge in [-0.1, -0.05) is 19.2 Å². The van der Waals surface area contributed by atoms with Crippen molar-refractivity contribution in [3.05, 3.63) is 36.1 Å². The Hall–Kier alpha value is -2.65. The number of hydrogen-bond donors (Lipinski definition) is 4. The zero-order chi connectivity index (χ0) is 25.7. The lowest BCUT2D eigenvalue weighted by Gasteiger charge is -2.34. The zero-order valence-electron chi connectivity index (χ0n) is 21.1. The summed E-state index contributed by atoms with van der Waals surface area (Å²) in [6.07, 6.45) is 5.31. The quantitative estimate of drug-likeness (QED) is 0.473. The molecule has 35 heavy (non-hydrogen) atoms. The maximum absolute atomic E-state index is 13.5. The molecular weight excluding hydrogens is 448 g/mol. The SMILES string of the molecule is C=CC1=C2OC(CCC2=C)CNC(C2CC2)C(=O)N(C)C(C(C)O)C(=O)NC(C)C(=O)NCCC1. The zero-order valence-corrected chi connectivity index (χ0v) is 21.1. The molecular formula is C26H40N4O5. The van der Waals surface area contributed by atoms with Gasteiger partial charge in [0.15, 0.2) is 0 Å². The van der Waals surface area contributed by atoms with Gasteiger partial charge in [0.25, 0.3) is 0 Å². The van der Waals surface area contributed by atoms with Crippen LogP contribution in [0.4, 0.5) is 0 Å². The van der Waals surface area contributed by atoms with E-state index in [9.17, 15) is 19.5 Å². The van der Waals surface area contributed by atoms with Crippen LogP contribution in [0.15, 0.2) is 36.1 Å². The number of fused-ring (bicyclic) bond motifs is 2. The van der Waals surface area contributed by atoms with E-state index in [4.69, 9.17) is 4.74 Å². The minimum absolute atomic E-state index is 0.125. The molecule has 0 spiro atoms. The van der Waals surface area contributed by atoms with Crippen molar-refractivity contribution in [3.8, 4) is 0 Å². The van der Waals surface area contributed by atoms with Crippen molar-refractivity contribution < 1.29 is 24.2 Å². The van der Waals surface area contributed by atoms with Gasteiger partial charge in [-0.25, -0.2) is 0 Å². The topological polar surface area (TPSA) is 120 Å². The number of allylic oxidation sites excluding steroid dienone is 3. The lowest BCUT2D eigenvalue weighted by molar-refractivity contribution is -0.145. The third kappa shape index (κ3) is 6.73. The largest absolute Gasteiger partial charge is 0.489 e. The first kappa shape index (κ1) is 26.9. The molecule has 2 bridgehead atoms. The minimum Gasteiger partial charge on any atom is -0.489 e. The number of aliphatic hydroxyl groups excluding tert-OH is 1. The molecule has 5 atom stereocenters. The van der Waals surface area contributed by atoms with Crippen molar-refractivity contribution in [2.45, 2.75) is 82.7 Å². The lowest BCUT2D eigenvalue weighted by atomic mass is 9.97. The Morgan fingerprint density at radius 1 is 1.17 bits per heavy atom. The fourth-order valence-electron chi connectivity index (χ4n) is 4.74. The summed E-state index contributed by atoms with van der Waals surface area (Å²) in [5.41, 5.74) is 1.88. The molecule has 1 saturated heterocycles. The second-order valence-corrected chi connectivity index (χ2v) is 9.92. The molecule has 194 valence electrons. The smallest absolute Gasteiger partial charge is 0.246 e. The summed E-state index contributed by atoms with van der Waals surface area (Å²) in [6.45, 7) is 12.1. The van der Waals surface area contributed by atoms with Gasteiger partial charge in [0, 0.05) is 20.1 Å².